The molecule has 9 heteroatoms. The summed E-state index contributed by atoms with van der Waals surface area (Å²) in [6.45, 7) is 5.44. The number of para-hydroxylation sites is 1. The highest BCUT2D eigenvalue weighted by molar-refractivity contribution is 5.94. The van der Waals surface area contributed by atoms with Crippen LogP contribution < -0.4 is 21.3 Å². The van der Waals surface area contributed by atoms with Crippen LogP contribution in [0.25, 0.3) is 10.9 Å². The SMILES string of the molecule is CCN(CC)c1ccc(NC(=O)COC(=O)C(Cc2c[nH]c3ccccc23)NC(N)=O)cc1. The van der Waals surface area contributed by atoms with Gasteiger partial charge < -0.3 is 31.0 Å². The van der Waals surface area contributed by atoms with E-state index in [1.807, 2.05) is 36.4 Å². The number of esters is 1. The second kappa shape index (κ2) is 11.0. The van der Waals surface area contributed by atoms with Crippen LogP contribution in [0.15, 0.2) is 54.7 Å². The van der Waals surface area contributed by atoms with Gasteiger partial charge in [0.15, 0.2) is 6.61 Å². The van der Waals surface area contributed by atoms with Gasteiger partial charge in [0.25, 0.3) is 5.91 Å². The number of ether oxygens (including phenoxy) is 1. The number of aromatic amines is 1. The van der Waals surface area contributed by atoms with Gasteiger partial charge in [-0.25, -0.2) is 9.59 Å². The normalized spacial score (nSPS) is 11.6. The molecule has 3 amide bonds. The van der Waals surface area contributed by atoms with Crippen molar-refractivity contribution in [3.63, 3.8) is 0 Å². The molecule has 9 nitrogen and oxygen atoms in total. The fraction of sp³-hybridized carbons (Fsp3) is 0.292. The monoisotopic (exact) mass is 451 g/mol. The number of nitrogens with one attached hydrogen (secondary N) is 3. The zero-order chi connectivity index (χ0) is 23.8. The summed E-state index contributed by atoms with van der Waals surface area (Å²) < 4.78 is 5.16. The molecule has 0 aliphatic heterocycles. The Morgan fingerprint density at radius 3 is 2.42 bits per heavy atom. The van der Waals surface area contributed by atoms with Crippen molar-refractivity contribution in [2.24, 2.45) is 5.73 Å². The summed E-state index contributed by atoms with van der Waals surface area (Å²) in [5, 5.41) is 6.02. The number of hydrogen-bond acceptors (Lipinski definition) is 5. The first kappa shape index (κ1) is 23.6. The largest absolute Gasteiger partial charge is 0.454 e. The van der Waals surface area contributed by atoms with Crippen LogP contribution in [0.2, 0.25) is 0 Å². The van der Waals surface area contributed by atoms with Crippen molar-refractivity contribution >= 4 is 40.2 Å². The van der Waals surface area contributed by atoms with E-state index in [2.05, 4.69) is 34.4 Å². The Kier molecular flexibility index (Phi) is 7.91. The Morgan fingerprint density at radius 1 is 1.06 bits per heavy atom. The first-order valence-corrected chi connectivity index (χ1v) is 10.8. The number of carbonyl (C=O) groups excluding carboxylic acids is 3. The lowest BCUT2D eigenvalue weighted by Gasteiger charge is -2.21. The van der Waals surface area contributed by atoms with Gasteiger partial charge in [0.1, 0.15) is 6.04 Å². The van der Waals surface area contributed by atoms with Crippen molar-refractivity contribution in [1.29, 1.82) is 0 Å². The molecule has 5 N–H and O–H groups in total. The zero-order valence-electron chi connectivity index (χ0n) is 18.8. The Hall–Kier alpha value is -4.01. The van der Waals surface area contributed by atoms with E-state index in [4.69, 9.17) is 10.5 Å². The maximum atomic E-state index is 12.6. The number of hydrogen-bond donors (Lipinski definition) is 4. The molecule has 174 valence electrons. The molecule has 1 unspecified atom stereocenters. The molecule has 0 fully saturated rings. The van der Waals surface area contributed by atoms with Gasteiger partial charge in [-0.15, -0.1) is 0 Å². The number of nitrogens with zero attached hydrogens (tertiary/aromatic N) is 1. The first-order valence-electron chi connectivity index (χ1n) is 10.8. The lowest BCUT2D eigenvalue weighted by Crippen LogP contribution is -2.46. The zero-order valence-corrected chi connectivity index (χ0v) is 18.8. The predicted molar refractivity (Wildman–Crippen MR) is 128 cm³/mol. The second-order valence-corrected chi connectivity index (χ2v) is 7.50. The maximum absolute atomic E-state index is 12.6. The van der Waals surface area contributed by atoms with E-state index < -0.39 is 30.6 Å². The molecule has 2 aromatic carbocycles. The number of nitrogens with two attached hydrogens (primary N) is 1. The van der Waals surface area contributed by atoms with Crippen molar-refractivity contribution < 1.29 is 19.1 Å². The Balaban J connectivity index is 1.58. The van der Waals surface area contributed by atoms with Crippen LogP contribution in [0.3, 0.4) is 0 Å². The molecule has 1 heterocycles. The fourth-order valence-corrected chi connectivity index (χ4v) is 3.66. The highest BCUT2D eigenvalue weighted by atomic mass is 16.5. The average molecular weight is 452 g/mol. The molecule has 0 saturated heterocycles. The second-order valence-electron chi connectivity index (χ2n) is 7.50. The van der Waals surface area contributed by atoms with Crippen LogP contribution in [0.5, 0.6) is 0 Å². The van der Waals surface area contributed by atoms with E-state index in [0.29, 0.717) is 5.69 Å². The third kappa shape index (κ3) is 6.25. The smallest absolute Gasteiger partial charge is 0.329 e. The number of fused-ring (bicyclic) bond motifs is 1. The quantitative estimate of drug-likeness (QED) is 0.352. The third-order valence-corrected chi connectivity index (χ3v) is 5.33. The van der Waals surface area contributed by atoms with Crippen LogP contribution >= 0.6 is 0 Å². The Morgan fingerprint density at radius 2 is 1.76 bits per heavy atom. The van der Waals surface area contributed by atoms with E-state index in [0.717, 1.165) is 35.2 Å². The number of rotatable bonds is 10. The van der Waals surface area contributed by atoms with E-state index in [1.165, 1.54) is 0 Å². The molecular weight excluding hydrogens is 422 g/mol. The van der Waals surface area contributed by atoms with Gasteiger partial charge in [0.05, 0.1) is 0 Å². The van der Waals surface area contributed by atoms with Crippen LogP contribution in [0.4, 0.5) is 16.2 Å². The standard InChI is InChI=1S/C24H29N5O4/c1-3-29(4-2)18-11-9-17(10-12-18)27-22(30)15-33-23(31)21(28-24(25)32)13-16-14-26-20-8-6-5-7-19(16)20/h5-12,14,21,26H,3-4,13,15H2,1-2H3,(H,27,30)(H3,25,28,32). The Bertz CT molecular complexity index is 1110. The molecule has 0 radical (unpaired) electrons. The van der Waals surface area contributed by atoms with Crippen molar-refractivity contribution in [3.05, 3.63) is 60.3 Å². The minimum atomic E-state index is -1.03. The van der Waals surface area contributed by atoms with Gasteiger partial charge in [-0.05, 0) is 49.7 Å². The highest BCUT2D eigenvalue weighted by Gasteiger charge is 2.24. The first-order chi connectivity index (χ1) is 15.9. The molecule has 0 saturated carbocycles. The molecule has 3 rings (SSSR count). The summed E-state index contributed by atoms with van der Waals surface area (Å²) in [5.41, 5.74) is 8.61. The van der Waals surface area contributed by atoms with Crippen molar-refractivity contribution in [1.82, 2.24) is 10.3 Å². The average Bonchev–Trinajstić information content (AvgIpc) is 3.21. The molecule has 0 spiro atoms. The predicted octanol–water partition coefficient (Wildman–Crippen LogP) is 2.78. The minimum Gasteiger partial charge on any atom is -0.454 e. The van der Waals surface area contributed by atoms with Gasteiger partial charge in [-0.1, -0.05) is 18.2 Å². The van der Waals surface area contributed by atoms with E-state index >= 15 is 0 Å². The number of primary amides is 1. The third-order valence-electron chi connectivity index (χ3n) is 5.33. The van der Waals surface area contributed by atoms with Crippen molar-refractivity contribution in [2.75, 3.05) is 29.9 Å². The van der Waals surface area contributed by atoms with Crippen LogP contribution in [-0.2, 0) is 20.7 Å². The summed E-state index contributed by atoms with van der Waals surface area (Å²) in [6, 6.07) is 13.1. The summed E-state index contributed by atoms with van der Waals surface area (Å²) >= 11 is 0. The molecule has 1 atom stereocenters. The summed E-state index contributed by atoms with van der Waals surface area (Å²) in [7, 11) is 0. The van der Waals surface area contributed by atoms with E-state index in [9.17, 15) is 14.4 Å². The molecule has 1 aromatic heterocycles. The lowest BCUT2D eigenvalue weighted by molar-refractivity contribution is -0.149. The number of aromatic nitrogens is 1. The van der Waals surface area contributed by atoms with Crippen molar-refractivity contribution in [3.8, 4) is 0 Å². The fourth-order valence-electron chi connectivity index (χ4n) is 3.66. The molecule has 3 aromatic rings. The van der Waals surface area contributed by atoms with Gasteiger partial charge in [-0.3, -0.25) is 4.79 Å². The molecular formula is C24H29N5O4. The highest BCUT2D eigenvalue weighted by Crippen LogP contribution is 2.20. The van der Waals surface area contributed by atoms with E-state index in [-0.39, 0.29) is 6.42 Å². The van der Waals surface area contributed by atoms with Gasteiger partial charge >= 0.3 is 12.0 Å². The number of benzene rings is 2. The number of urea groups is 1. The summed E-state index contributed by atoms with van der Waals surface area (Å²) in [4.78, 5) is 41.6. The summed E-state index contributed by atoms with van der Waals surface area (Å²) in [6.07, 6.45) is 1.93. The summed E-state index contributed by atoms with van der Waals surface area (Å²) in [5.74, 6) is -1.23. The molecule has 33 heavy (non-hydrogen) atoms. The number of anilines is 2. The molecule has 0 bridgehead atoms. The van der Waals surface area contributed by atoms with Crippen LogP contribution in [0.1, 0.15) is 19.4 Å². The van der Waals surface area contributed by atoms with Gasteiger partial charge in [0.2, 0.25) is 0 Å². The van der Waals surface area contributed by atoms with Crippen molar-refractivity contribution in [2.45, 2.75) is 26.3 Å². The minimum absolute atomic E-state index is 0.167. The number of carbonyl (C=O) groups is 3. The van der Waals surface area contributed by atoms with Crippen LogP contribution in [0, 0.1) is 0 Å². The van der Waals surface area contributed by atoms with Gasteiger partial charge in [0, 0.05) is 48.0 Å². The number of H-pyrrole nitrogens is 1. The molecule has 0 aliphatic rings. The maximum Gasteiger partial charge on any atom is 0.329 e. The topological polar surface area (TPSA) is 130 Å². The van der Waals surface area contributed by atoms with E-state index in [1.54, 1.807) is 18.3 Å². The number of amides is 3. The molecule has 0 aliphatic carbocycles. The van der Waals surface area contributed by atoms with Gasteiger partial charge in [-0.2, -0.15) is 0 Å². The Labute approximate surface area is 192 Å². The lowest BCUT2D eigenvalue weighted by atomic mass is 10.1. The van der Waals surface area contributed by atoms with Crippen LogP contribution in [-0.4, -0.2) is 48.6 Å².